The normalized spacial score (nSPS) is 12.8. The average molecular weight is 294 g/mol. The Morgan fingerprint density at radius 3 is 2.19 bits per heavy atom. The summed E-state index contributed by atoms with van der Waals surface area (Å²) in [6.07, 6.45) is -0.0491. The van der Waals surface area contributed by atoms with E-state index in [9.17, 15) is 4.79 Å². The van der Waals surface area contributed by atoms with Crippen molar-refractivity contribution in [3.05, 3.63) is 29.8 Å². The van der Waals surface area contributed by atoms with Crippen molar-refractivity contribution in [1.82, 2.24) is 0 Å². The monoisotopic (exact) mass is 294 g/mol. The molecule has 0 saturated carbocycles. The fourth-order valence-corrected chi connectivity index (χ4v) is 1.91. The van der Waals surface area contributed by atoms with Crippen molar-refractivity contribution in [3.63, 3.8) is 0 Å². The molecule has 4 nitrogen and oxygen atoms in total. The zero-order valence-electron chi connectivity index (χ0n) is 13.6. The Hall–Kier alpha value is -1.55. The molecule has 0 saturated heterocycles. The van der Waals surface area contributed by atoms with E-state index in [0.29, 0.717) is 19.6 Å². The molecule has 0 aliphatic heterocycles. The lowest BCUT2D eigenvalue weighted by Crippen LogP contribution is -2.29. The molecule has 1 atom stereocenters. The summed E-state index contributed by atoms with van der Waals surface area (Å²) in [6, 6.07) is 7.72. The van der Waals surface area contributed by atoms with Crippen molar-refractivity contribution in [3.8, 4) is 5.75 Å². The van der Waals surface area contributed by atoms with Crippen LogP contribution in [0.15, 0.2) is 24.3 Å². The van der Waals surface area contributed by atoms with Gasteiger partial charge >= 0.3 is 5.97 Å². The Labute approximate surface area is 127 Å². The molecule has 0 radical (unpaired) electrons. The standard InChI is InChI=1S/C17H26O4/c1-6-19-15(16(18)20-7-2)12-13-8-10-14(11-9-13)21-17(3,4)5/h8-11,15H,6-7,12H2,1-5H3/t15-/m0/s1. The summed E-state index contributed by atoms with van der Waals surface area (Å²) in [5.41, 5.74) is 0.795. The zero-order valence-corrected chi connectivity index (χ0v) is 13.6. The summed E-state index contributed by atoms with van der Waals surface area (Å²) in [6.45, 7) is 10.5. The third kappa shape index (κ3) is 6.63. The van der Waals surface area contributed by atoms with Crippen molar-refractivity contribution in [2.75, 3.05) is 13.2 Å². The summed E-state index contributed by atoms with van der Waals surface area (Å²) in [5, 5.41) is 0. The van der Waals surface area contributed by atoms with Gasteiger partial charge in [0.15, 0.2) is 6.10 Å². The Morgan fingerprint density at radius 2 is 1.71 bits per heavy atom. The van der Waals surface area contributed by atoms with E-state index >= 15 is 0 Å². The van der Waals surface area contributed by atoms with Crippen LogP contribution < -0.4 is 4.74 Å². The van der Waals surface area contributed by atoms with Crippen molar-refractivity contribution < 1.29 is 19.0 Å². The van der Waals surface area contributed by atoms with E-state index in [1.165, 1.54) is 0 Å². The van der Waals surface area contributed by atoms with Crippen molar-refractivity contribution in [1.29, 1.82) is 0 Å². The topological polar surface area (TPSA) is 44.8 Å². The smallest absolute Gasteiger partial charge is 0.335 e. The maximum Gasteiger partial charge on any atom is 0.335 e. The van der Waals surface area contributed by atoms with Gasteiger partial charge in [-0.3, -0.25) is 0 Å². The first-order valence-electron chi connectivity index (χ1n) is 7.42. The third-order valence-corrected chi connectivity index (χ3v) is 2.69. The summed E-state index contributed by atoms with van der Waals surface area (Å²) in [7, 11) is 0. The minimum absolute atomic E-state index is 0.222. The highest BCUT2D eigenvalue weighted by molar-refractivity contribution is 5.75. The molecule has 0 heterocycles. The largest absolute Gasteiger partial charge is 0.488 e. The van der Waals surface area contributed by atoms with Crippen LogP contribution in [0.5, 0.6) is 5.75 Å². The molecule has 0 aromatic heterocycles. The van der Waals surface area contributed by atoms with Gasteiger partial charge in [-0.05, 0) is 52.3 Å². The van der Waals surface area contributed by atoms with E-state index in [-0.39, 0.29) is 11.6 Å². The van der Waals surface area contributed by atoms with Crippen LogP contribution in [0.1, 0.15) is 40.2 Å². The lowest BCUT2D eigenvalue weighted by molar-refractivity contribution is -0.156. The van der Waals surface area contributed by atoms with Gasteiger partial charge in [0.1, 0.15) is 11.4 Å². The highest BCUT2D eigenvalue weighted by Gasteiger charge is 2.20. The van der Waals surface area contributed by atoms with Crippen LogP contribution >= 0.6 is 0 Å². The molecule has 0 bridgehead atoms. The Kier molecular flexibility index (Phi) is 6.69. The van der Waals surface area contributed by atoms with E-state index in [4.69, 9.17) is 14.2 Å². The highest BCUT2D eigenvalue weighted by Crippen LogP contribution is 2.19. The predicted molar refractivity (Wildman–Crippen MR) is 82.6 cm³/mol. The molecule has 0 fully saturated rings. The number of esters is 1. The Bertz CT molecular complexity index is 431. The fourth-order valence-electron chi connectivity index (χ4n) is 1.91. The summed E-state index contributed by atoms with van der Waals surface area (Å²) in [4.78, 5) is 11.8. The van der Waals surface area contributed by atoms with Crippen LogP contribution in [-0.4, -0.2) is 30.9 Å². The van der Waals surface area contributed by atoms with E-state index in [1.807, 2.05) is 52.0 Å². The van der Waals surface area contributed by atoms with Crippen molar-refractivity contribution >= 4 is 5.97 Å². The molecular weight excluding hydrogens is 268 g/mol. The number of hydrogen-bond donors (Lipinski definition) is 0. The number of ether oxygens (including phenoxy) is 3. The molecule has 0 aliphatic rings. The van der Waals surface area contributed by atoms with Gasteiger partial charge in [0.05, 0.1) is 6.61 Å². The van der Waals surface area contributed by atoms with Crippen LogP contribution in [0.2, 0.25) is 0 Å². The summed E-state index contributed by atoms with van der Waals surface area (Å²) in [5.74, 6) is 0.504. The van der Waals surface area contributed by atoms with Crippen LogP contribution in [-0.2, 0) is 20.7 Å². The maximum atomic E-state index is 11.8. The van der Waals surface area contributed by atoms with Gasteiger partial charge in [-0.25, -0.2) is 4.79 Å². The van der Waals surface area contributed by atoms with Crippen LogP contribution in [0.25, 0.3) is 0 Å². The van der Waals surface area contributed by atoms with E-state index in [1.54, 1.807) is 6.92 Å². The number of hydrogen-bond acceptors (Lipinski definition) is 4. The Balaban J connectivity index is 2.69. The molecule has 118 valence electrons. The zero-order chi connectivity index (χ0) is 15.9. The van der Waals surface area contributed by atoms with Crippen LogP contribution in [0.4, 0.5) is 0 Å². The van der Waals surface area contributed by atoms with Gasteiger partial charge in [-0.2, -0.15) is 0 Å². The second kappa shape index (κ2) is 8.03. The van der Waals surface area contributed by atoms with Crippen LogP contribution in [0.3, 0.4) is 0 Å². The summed E-state index contributed by atoms with van der Waals surface area (Å²) < 4.78 is 16.3. The Morgan fingerprint density at radius 1 is 1.10 bits per heavy atom. The molecule has 0 amide bonds. The lowest BCUT2D eigenvalue weighted by Gasteiger charge is -2.21. The first-order valence-corrected chi connectivity index (χ1v) is 7.42. The number of rotatable bonds is 7. The van der Waals surface area contributed by atoms with E-state index in [0.717, 1.165) is 11.3 Å². The quantitative estimate of drug-likeness (QED) is 0.723. The molecular formula is C17H26O4. The first kappa shape index (κ1) is 17.5. The molecule has 1 aromatic rings. The van der Waals surface area contributed by atoms with Gasteiger partial charge in [0, 0.05) is 13.0 Å². The number of carbonyl (C=O) groups excluding carboxylic acids is 1. The third-order valence-electron chi connectivity index (χ3n) is 2.69. The SMILES string of the molecule is CCOC(=O)[C@H](Cc1ccc(OC(C)(C)C)cc1)OCC. The minimum Gasteiger partial charge on any atom is -0.488 e. The number of benzene rings is 1. The number of carbonyl (C=O) groups is 1. The fraction of sp³-hybridized carbons (Fsp3) is 0.588. The average Bonchev–Trinajstić information content (AvgIpc) is 2.39. The molecule has 1 rings (SSSR count). The van der Waals surface area contributed by atoms with Crippen LogP contribution in [0, 0.1) is 0 Å². The maximum absolute atomic E-state index is 11.8. The van der Waals surface area contributed by atoms with Crippen molar-refractivity contribution in [2.45, 2.75) is 52.7 Å². The van der Waals surface area contributed by atoms with E-state index in [2.05, 4.69) is 0 Å². The minimum atomic E-state index is -0.552. The van der Waals surface area contributed by atoms with Gasteiger partial charge < -0.3 is 14.2 Å². The molecule has 1 aromatic carbocycles. The van der Waals surface area contributed by atoms with Gasteiger partial charge in [0.25, 0.3) is 0 Å². The predicted octanol–water partition coefficient (Wildman–Crippen LogP) is 3.37. The molecule has 0 spiro atoms. The van der Waals surface area contributed by atoms with Gasteiger partial charge in [0.2, 0.25) is 0 Å². The second-order valence-corrected chi connectivity index (χ2v) is 5.76. The highest BCUT2D eigenvalue weighted by atomic mass is 16.6. The van der Waals surface area contributed by atoms with Gasteiger partial charge in [-0.1, -0.05) is 12.1 Å². The van der Waals surface area contributed by atoms with E-state index < -0.39 is 6.10 Å². The summed E-state index contributed by atoms with van der Waals surface area (Å²) >= 11 is 0. The van der Waals surface area contributed by atoms with Crippen molar-refractivity contribution in [2.24, 2.45) is 0 Å². The van der Waals surface area contributed by atoms with Gasteiger partial charge in [-0.15, -0.1) is 0 Å². The lowest BCUT2D eigenvalue weighted by atomic mass is 10.1. The molecule has 21 heavy (non-hydrogen) atoms. The first-order chi connectivity index (χ1) is 9.85. The second-order valence-electron chi connectivity index (χ2n) is 5.76. The molecule has 4 heteroatoms. The molecule has 0 unspecified atom stereocenters. The molecule has 0 N–H and O–H groups in total. The molecule has 0 aliphatic carbocycles.